The van der Waals surface area contributed by atoms with Gasteiger partial charge in [-0.3, -0.25) is 14.4 Å². The molecule has 0 aromatic carbocycles. The summed E-state index contributed by atoms with van der Waals surface area (Å²) >= 11 is 0. The molecule has 1 unspecified atom stereocenters. The Hall–Kier alpha value is -1.59. The lowest BCUT2D eigenvalue weighted by Gasteiger charge is -2.18. The molecular formula is C74H144O6. The van der Waals surface area contributed by atoms with Crippen LogP contribution in [0.4, 0.5) is 0 Å². The molecule has 0 fully saturated rings. The second-order valence-electron chi connectivity index (χ2n) is 25.6. The monoisotopic (exact) mass is 1130 g/mol. The van der Waals surface area contributed by atoms with Crippen LogP contribution in [-0.4, -0.2) is 37.2 Å². The van der Waals surface area contributed by atoms with Crippen molar-refractivity contribution < 1.29 is 28.6 Å². The molecule has 0 amide bonds. The Kier molecular flexibility index (Phi) is 68.5. The molecule has 0 heterocycles. The number of esters is 3. The standard InChI is InChI=1S/C74H144O6/c1-4-7-10-13-16-18-20-22-24-26-28-30-32-33-34-35-36-37-38-39-40-42-43-45-47-49-51-53-55-58-61-64-67-73(76)79-70-71(69-78-72(75)66-63-60-57-15-12-9-6-3)80-74(77)68-65-62-59-56-54-52-50-48-46-44-41-31-29-27-25-23-21-19-17-14-11-8-5-2/h71H,4-70H2,1-3H3. The van der Waals surface area contributed by atoms with Crippen molar-refractivity contribution in [3.05, 3.63) is 0 Å². The zero-order valence-electron chi connectivity index (χ0n) is 54.9. The molecule has 0 aliphatic rings. The van der Waals surface area contributed by atoms with E-state index in [0.717, 1.165) is 57.8 Å². The Morgan fingerprint density at radius 3 is 0.500 bits per heavy atom. The van der Waals surface area contributed by atoms with Crippen LogP contribution in [0.15, 0.2) is 0 Å². The lowest BCUT2D eigenvalue weighted by Crippen LogP contribution is -2.30. The van der Waals surface area contributed by atoms with E-state index >= 15 is 0 Å². The summed E-state index contributed by atoms with van der Waals surface area (Å²) in [6.45, 7) is 6.70. The first-order valence-corrected chi connectivity index (χ1v) is 37.0. The van der Waals surface area contributed by atoms with Crippen LogP contribution in [0.2, 0.25) is 0 Å². The summed E-state index contributed by atoms with van der Waals surface area (Å²) in [5, 5.41) is 0. The predicted octanol–water partition coefficient (Wildman–Crippen LogP) is 25.4. The number of hydrogen-bond acceptors (Lipinski definition) is 6. The Morgan fingerprint density at radius 1 is 0.200 bits per heavy atom. The van der Waals surface area contributed by atoms with E-state index in [1.54, 1.807) is 0 Å². The summed E-state index contributed by atoms with van der Waals surface area (Å²) in [5.41, 5.74) is 0. The molecule has 6 nitrogen and oxygen atoms in total. The van der Waals surface area contributed by atoms with Gasteiger partial charge in [0.2, 0.25) is 0 Å². The maximum Gasteiger partial charge on any atom is 0.306 e. The van der Waals surface area contributed by atoms with Crippen molar-refractivity contribution >= 4 is 17.9 Å². The average Bonchev–Trinajstić information content (AvgIpc) is 3.46. The normalized spacial score (nSPS) is 11.9. The summed E-state index contributed by atoms with van der Waals surface area (Å²) in [5.74, 6) is -0.831. The van der Waals surface area contributed by atoms with E-state index in [-0.39, 0.29) is 31.1 Å². The molecule has 0 aliphatic heterocycles. The second-order valence-corrected chi connectivity index (χ2v) is 25.6. The highest BCUT2D eigenvalue weighted by molar-refractivity contribution is 5.71. The minimum atomic E-state index is -0.762. The van der Waals surface area contributed by atoms with Gasteiger partial charge in [-0.2, -0.15) is 0 Å². The second kappa shape index (κ2) is 69.9. The minimum absolute atomic E-state index is 0.0612. The van der Waals surface area contributed by atoms with Crippen molar-refractivity contribution in [1.82, 2.24) is 0 Å². The molecule has 0 N–H and O–H groups in total. The van der Waals surface area contributed by atoms with Crippen LogP contribution in [-0.2, 0) is 28.6 Å². The summed E-state index contributed by atoms with van der Waals surface area (Å²) in [6, 6.07) is 0. The fraction of sp³-hybridized carbons (Fsp3) is 0.959. The third kappa shape index (κ3) is 67.2. The Morgan fingerprint density at radius 2 is 0.338 bits per heavy atom. The van der Waals surface area contributed by atoms with Gasteiger partial charge in [0.15, 0.2) is 6.10 Å². The molecule has 0 saturated heterocycles. The smallest absolute Gasteiger partial charge is 0.306 e. The van der Waals surface area contributed by atoms with Crippen molar-refractivity contribution in [2.75, 3.05) is 13.2 Å². The van der Waals surface area contributed by atoms with E-state index in [4.69, 9.17) is 14.2 Å². The van der Waals surface area contributed by atoms with Crippen molar-refractivity contribution in [3.63, 3.8) is 0 Å². The first kappa shape index (κ1) is 78.4. The van der Waals surface area contributed by atoms with E-state index in [0.29, 0.717) is 19.3 Å². The highest BCUT2D eigenvalue weighted by Gasteiger charge is 2.20. The van der Waals surface area contributed by atoms with Gasteiger partial charge in [-0.1, -0.05) is 400 Å². The molecule has 0 aliphatic carbocycles. The summed E-state index contributed by atoms with van der Waals surface area (Å²) < 4.78 is 16.9. The highest BCUT2D eigenvalue weighted by Crippen LogP contribution is 2.20. The Labute approximate surface area is 501 Å². The fourth-order valence-electron chi connectivity index (χ4n) is 11.8. The van der Waals surface area contributed by atoms with Crippen molar-refractivity contribution in [2.24, 2.45) is 0 Å². The van der Waals surface area contributed by atoms with E-state index in [1.165, 1.54) is 340 Å². The average molecular weight is 1130 g/mol. The molecule has 0 bridgehead atoms. The molecule has 0 radical (unpaired) electrons. The molecule has 1 atom stereocenters. The van der Waals surface area contributed by atoms with E-state index in [1.807, 2.05) is 0 Å². The van der Waals surface area contributed by atoms with Crippen LogP contribution in [0.1, 0.15) is 438 Å². The minimum Gasteiger partial charge on any atom is -0.462 e. The van der Waals surface area contributed by atoms with Crippen LogP contribution >= 0.6 is 0 Å². The van der Waals surface area contributed by atoms with Gasteiger partial charge in [-0.15, -0.1) is 0 Å². The first-order valence-electron chi connectivity index (χ1n) is 37.0. The molecular weight excluding hydrogens is 985 g/mol. The van der Waals surface area contributed by atoms with Crippen LogP contribution in [0.3, 0.4) is 0 Å². The summed E-state index contributed by atoms with van der Waals surface area (Å²) in [4.78, 5) is 38.2. The summed E-state index contributed by atoms with van der Waals surface area (Å²) in [6.07, 6.45) is 83.4. The zero-order valence-corrected chi connectivity index (χ0v) is 54.9. The van der Waals surface area contributed by atoms with Gasteiger partial charge in [0.25, 0.3) is 0 Å². The van der Waals surface area contributed by atoms with E-state index < -0.39 is 6.10 Å². The molecule has 0 aromatic heterocycles. The zero-order chi connectivity index (χ0) is 57.8. The third-order valence-electron chi connectivity index (χ3n) is 17.4. The van der Waals surface area contributed by atoms with Crippen LogP contribution in [0.5, 0.6) is 0 Å². The first-order chi connectivity index (χ1) is 39.5. The Bertz CT molecular complexity index is 1200. The molecule has 476 valence electrons. The number of ether oxygens (including phenoxy) is 3. The van der Waals surface area contributed by atoms with Crippen LogP contribution in [0.25, 0.3) is 0 Å². The topological polar surface area (TPSA) is 78.9 Å². The van der Waals surface area contributed by atoms with Crippen molar-refractivity contribution in [1.29, 1.82) is 0 Å². The van der Waals surface area contributed by atoms with Gasteiger partial charge in [-0.05, 0) is 19.3 Å². The van der Waals surface area contributed by atoms with Crippen molar-refractivity contribution in [2.45, 2.75) is 444 Å². The van der Waals surface area contributed by atoms with Gasteiger partial charge < -0.3 is 14.2 Å². The van der Waals surface area contributed by atoms with Gasteiger partial charge in [0.05, 0.1) is 0 Å². The lowest BCUT2D eigenvalue weighted by atomic mass is 10.0. The number of hydrogen-bond donors (Lipinski definition) is 0. The maximum absolute atomic E-state index is 12.9. The molecule has 0 rings (SSSR count). The van der Waals surface area contributed by atoms with Crippen LogP contribution < -0.4 is 0 Å². The number of carbonyl (C=O) groups excluding carboxylic acids is 3. The van der Waals surface area contributed by atoms with Crippen molar-refractivity contribution in [3.8, 4) is 0 Å². The number of rotatable bonds is 70. The summed E-state index contributed by atoms with van der Waals surface area (Å²) in [7, 11) is 0. The van der Waals surface area contributed by atoms with Gasteiger partial charge in [0.1, 0.15) is 13.2 Å². The third-order valence-corrected chi connectivity index (χ3v) is 17.4. The predicted molar refractivity (Wildman–Crippen MR) is 349 cm³/mol. The number of carbonyl (C=O) groups is 3. The largest absolute Gasteiger partial charge is 0.462 e. The quantitative estimate of drug-likeness (QED) is 0.0343. The number of unbranched alkanes of at least 4 members (excludes halogenated alkanes) is 59. The molecule has 0 saturated carbocycles. The van der Waals surface area contributed by atoms with E-state index in [9.17, 15) is 14.4 Å². The molecule has 0 spiro atoms. The van der Waals surface area contributed by atoms with Crippen LogP contribution in [0, 0.1) is 0 Å². The lowest BCUT2D eigenvalue weighted by molar-refractivity contribution is -0.167. The fourth-order valence-corrected chi connectivity index (χ4v) is 11.8. The SMILES string of the molecule is CCCCCCCCCCCCCCCCCCCCCCCCCCCCCCCCCCC(=O)OCC(COC(=O)CCCCCCCCC)OC(=O)CCCCCCCCCCCCCCCCCCCCCCCCC. The highest BCUT2D eigenvalue weighted by atomic mass is 16.6. The molecule has 80 heavy (non-hydrogen) atoms. The molecule has 0 aromatic rings. The molecule has 6 heteroatoms. The van der Waals surface area contributed by atoms with Gasteiger partial charge in [0, 0.05) is 19.3 Å². The van der Waals surface area contributed by atoms with E-state index in [2.05, 4.69) is 20.8 Å². The van der Waals surface area contributed by atoms with Gasteiger partial charge in [-0.25, -0.2) is 0 Å². The maximum atomic E-state index is 12.9. The Balaban J connectivity index is 3.93. The van der Waals surface area contributed by atoms with Gasteiger partial charge >= 0.3 is 17.9 Å².